The molecule has 0 atom stereocenters. The Balaban J connectivity index is 1.95. The second-order valence-corrected chi connectivity index (χ2v) is 5.11. The molecule has 0 bridgehead atoms. The van der Waals surface area contributed by atoms with Crippen LogP contribution in [0.25, 0.3) is 10.9 Å². The highest BCUT2D eigenvalue weighted by Crippen LogP contribution is 2.23. The van der Waals surface area contributed by atoms with Crippen molar-refractivity contribution in [3.8, 4) is 5.75 Å². The lowest BCUT2D eigenvalue weighted by Crippen LogP contribution is -2.24. The molecular weight excluding hydrogens is 326 g/mol. The number of carbonyl (C=O) groups excluding carboxylic acids is 2. The predicted octanol–water partition coefficient (Wildman–Crippen LogP) is 0.711. The zero-order valence-electron chi connectivity index (χ0n) is 13.8. The van der Waals surface area contributed by atoms with E-state index >= 15 is 0 Å². The lowest BCUT2D eigenvalue weighted by Gasteiger charge is -2.05. The average molecular weight is 341 g/mol. The van der Waals surface area contributed by atoms with E-state index in [1.54, 1.807) is 13.2 Å². The van der Waals surface area contributed by atoms with E-state index in [4.69, 9.17) is 4.74 Å². The number of methoxy groups -OCH3 is 2. The largest absolute Gasteiger partial charge is 0.497 e. The van der Waals surface area contributed by atoms with E-state index < -0.39 is 11.9 Å². The van der Waals surface area contributed by atoms with Crippen molar-refractivity contribution in [3.63, 3.8) is 0 Å². The summed E-state index contributed by atoms with van der Waals surface area (Å²) in [6.07, 6.45) is 1.04. The van der Waals surface area contributed by atoms with Gasteiger partial charge in [0.05, 0.1) is 31.5 Å². The number of ether oxygens (including phenoxy) is 2. The van der Waals surface area contributed by atoms with Gasteiger partial charge in [-0.05, 0) is 19.1 Å². The number of hydrogen-bond donors (Lipinski definition) is 2. The van der Waals surface area contributed by atoms with Crippen LogP contribution in [0.5, 0.6) is 5.75 Å². The molecule has 1 aromatic heterocycles. The van der Waals surface area contributed by atoms with Gasteiger partial charge in [-0.2, -0.15) is 4.99 Å². The van der Waals surface area contributed by atoms with Crippen molar-refractivity contribution in [2.75, 3.05) is 14.2 Å². The third-order valence-electron chi connectivity index (χ3n) is 3.49. The van der Waals surface area contributed by atoms with E-state index in [2.05, 4.69) is 30.3 Å². The molecule has 1 aliphatic heterocycles. The third kappa shape index (κ3) is 3.39. The Kier molecular flexibility index (Phi) is 4.29. The molecule has 0 unspecified atom stereocenters. The van der Waals surface area contributed by atoms with Crippen molar-refractivity contribution < 1.29 is 19.1 Å². The molecule has 1 saturated heterocycles. The van der Waals surface area contributed by atoms with Gasteiger partial charge in [0.1, 0.15) is 11.4 Å². The summed E-state index contributed by atoms with van der Waals surface area (Å²) in [4.78, 5) is 35.9. The molecule has 9 heteroatoms. The maximum atomic E-state index is 11.8. The summed E-state index contributed by atoms with van der Waals surface area (Å²) in [5.74, 6) is -0.186. The van der Waals surface area contributed by atoms with Gasteiger partial charge in [-0.15, -0.1) is 0 Å². The minimum atomic E-state index is -0.649. The second kappa shape index (κ2) is 6.56. The molecule has 3 rings (SSSR count). The average Bonchev–Trinajstić information content (AvgIpc) is 2.93. The minimum Gasteiger partial charge on any atom is -0.497 e. The van der Waals surface area contributed by atoms with E-state index in [0.717, 1.165) is 17.2 Å². The number of aliphatic imine (C=N–C) groups is 1. The summed E-state index contributed by atoms with van der Waals surface area (Å²) in [6.45, 7) is 1.84. The van der Waals surface area contributed by atoms with Crippen LogP contribution in [0.4, 0.5) is 5.95 Å². The third-order valence-corrected chi connectivity index (χ3v) is 3.49. The summed E-state index contributed by atoms with van der Waals surface area (Å²) in [5, 5.41) is 6.06. The quantitative estimate of drug-likeness (QED) is 0.624. The van der Waals surface area contributed by atoms with E-state index in [1.165, 1.54) is 7.11 Å². The molecule has 2 N–H and O–H groups in total. The van der Waals surface area contributed by atoms with Crippen LogP contribution in [0.3, 0.4) is 0 Å². The van der Waals surface area contributed by atoms with Gasteiger partial charge in [0.15, 0.2) is 0 Å². The monoisotopic (exact) mass is 341 g/mol. The van der Waals surface area contributed by atoms with Gasteiger partial charge < -0.3 is 14.8 Å². The van der Waals surface area contributed by atoms with Gasteiger partial charge in [0, 0.05) is 11.5 Å². The maximum absolute atomic E-state index is 11.8. The number of nitrogens with one attached hydrogen (secondary N) is 2. The molecular formula is C16H15N5O4. The van der Waals surface area contributed by atoms with Crippen LogP contribution in [0.2, 0.25) is 0 Å². The predicted molar refractivity (Wildman–Crippen MR) is 89.3 cm³/mol. The molecule has 9 nitrogen and oxygen atoms in total. The first kappa shape index (κ1) is 16.4. The molecule has 0 saturated carbocycles. The highest BCUT2D eigenvalue weighted by molar-refractivity contribution is 6.15. The van der Waals surface area contributed by atoms with Crippen molar-refractivity contribution in [2.24, 2.45) is 4.99 Å². The number of carbonyl (C=O) groups is 2. The van der Waals surface area contributed by atoms with Crippen LogP contribution in [0.1, 0.15) is 5.69 Å². The molecule has 2 heterocycles. The lowest BCUT2D eigenvalue weighted by molar-refractivity contribution is -0.135. The highest BCUT2D eigenvalue weighted by Gasteiger charge is 2.23. The van der Waals surface area contributed by atoms with Crippen molar-refractivity contribution in [2.45, 2.75) is 6.92 Å². The Morgan fingerprint density at radius 3 is 2.76 bits per heavy atom. The van der Waals surface area contributed by atoms with E-state index in [-0.39, 0.29) is 17.6 Å². The Morgan fingerprint density at radius 1 is 1.24 bits per heavy atom. The van der Waals surface area contributed by atoms with Crippen molar-refractivity contribution in [3.05, 3.63) is 35.7 Å². The Bertz CT molecular complexity index is 936. The maximum Gasteiger partial charge on any atom is 0.332 e. The first-order valence-electron chi connectivity index (χ1n) is 7.29. The molecule has 128 valence electrons. The summed E-state index contributed by atoms with van der Waals surface area (Å²) < 4.78 is 9.68. The number of guanidine groups is 1. The van der Waals surface area contributed by atoms with Gasteiger partial charge in [-0.25, -0.2) is 14.8 Å². The number of rotatable bonds is 3. The minimum absolute atomic E-state index is 0.0322. The number of aromatic nitrogens is 2. The second-order valence-electron chi connectivity index (χ2n) is 5.11. The SMILES string of the molecule is COC(=O)/C=C1\NC(=Nc2nc(C)c3ccc(OC)cc3n2)NC1=O. The fraction of sp³-hybridized carbons (Fsp3) is 0.188. The molecule has 25 heavy (non-hydrogen) atoms. The summed E-state index contributed by atoms with van der Waals surface area (Å²) in [7, 11) is 2.80. The molecule has 0 spiro atoms. The fourth-order valence-electron chi connectivity index (χ4n) is 2.25. The van der Waals surface area contributed by atoms with Crippen LogP contribution in [-0.4, -0.2) is 42.0 Å². The number of hydrogen-bond acceptors (Lipinski definition) is 7. The lowest BCUT2D eigenvalue weighted by atomic mass is 10.2. The zero-order chi connectivity index (χ0) is 18.0. The summed E-state index contributed by atoms with van der Waals surface area (Å²) in [6, 6.07) is 5.47. The van der Waals surface area contributed by atoms with Crippen molar-refractivity contribution in [1.82, 2.24) is 20.6 Å². The van der Waals surface area contributed by atoms with E-state index in [0.29, 0.717) is 11.3 Å². The highest BCUT2D eigenvalue weighted by atomic mass is 16.5. The molecule has 1 amide bonds. The topological polar surface area (TPSA) is 115 Å². The van der Waals surface area contributed by atoms with Crippen molar-refractivity contribution in [1.29, 1.82) is 0 Å². The molecule has 2 aromatic rings. The van der Waals surface area contributed by atoms with Crippen LogP contribution >= 0.6 is 0 Å². The number of nitrogens with zero attached hydrogens (tertiary/aromatic N) is 3. The molecule has 0 aliphatic carbocycles. The summed E-state index contributed by atoms with van der Waals surface area (Å²) in [5.41, 5.74) is 1.44. The van der Waals surface area contributed by atoms with Gasteiger partial charge >= 0.3 is 5.97 Å². The standard InChI is InChI=1S/C16H15N5O4/c1-8-10-5-4-9(24-2)6-11(10)18-15(17-8)21-16-19-12(14(23)20-16)7-13(22)25-3/h4-7H,1-3H3,(H2,17,18,19,20,21,23)/b12-7-. The Labute approximate surface area is 142 Å². The number of aryl methyl sites for hydroxylation is 1. The van der Waals surface area contributed by atoms with Gasteiger partial charge in [-0.3, -0.25) is 10.1 Å². The number of fused-ring (bicyclic) bond motifs is 1. The molecule has 1 fully saturated rings. The smallest absolute Gasteiger partial charge is 0.332 e. The Hall–Kier alpha value is -3.49. The van der Waals surface area contributed by atoms with Crippen molar-refractivity contribution >= 4 is 34.7 Å². The molecule has 1 aliphatic rings. The van der Waals surface area contributed by atoms with Crippen LogP contribution < -0.4 is 15.4 Å². The summed E-state index contributed by atoms with van der Waals surface area (Å²) >= 11 is 0. The van der Waals surface area contributed by atoms with Gasteiger partial charge in [-0.1, -0.05) is 0 Å². The zero-order valence-corrected chi connectivity index (χ0v) is 13.8. The molecule has 1 aromatic carbocycles. The van der Waals surface area contributed by atoms with Crippen LogP contribution in [0.15, 0.2) is 35.0 Å². The van der Waals surface area contributed by atoms with E-state index in [1.807, 2.05) is 19.1 Å². The number of benzene rings is 1. The fourth-order valence-corrected chi connectivity index (χ4v) is 2.25. The van der Waals surface area contributed by atoms with Gasteiger partial charge in [0.2, 0.25) is 5.96 Å². The first-order valence-corrected chi connectivity index (χ1v) is 7.29. The number of esters is 1. The molecule has 0 radical (unpaired) electrons. The van der Waals surface area contributed by atoms with Crippen LogP contribution in [-0.2, 0) is 14.3 Å². The van der Waals surface area contributed by atoms with Gasteiger partial charge in [0.25, 0.3) is 11.9 Å². The Morgan fingerprint density at radius 2 is 2.04 bits per heavy atom. The number of amides is 1. The normalized spacial score (nSPS) is 16.8. The van der Waals surface area contributed by atoms with E-state index in [9.17, 15) is 9.59 Å². The first-order chi connectivity index (χ1) is 12.0. The van der Waals surface area contributed by atoms with Crippen LogP contribution in [0, 0.1) is 6.92 Å².